The highest BCUT2D eigenvalue weighted by atomic mass is 32.1. The highest BCUT2D eigenvalue weighted by Crippen LogP contribution is 2.32. The third-order valence-electron chi connectivity index (χ3n) is 1.88. The van der Waals surface area contributed by atoms with Crippen molar-refractivity contribution in [2.75, 3.05) is 17.3 Å². The Labute approximate surface area is 103 Å². The summed E-state index contributed by atoms with van der Waals surface area (Å²) >= 11 is 21.7. The molecule has 1 unspecified atom stereocenters. The number of thiol groups is 5. The van der Waals surface area contributed by atoms with Gasteiger partial charge < -0.3 is 0 Å². The van der Waals surface area contributed by atoms with Crippen LogP contribution >= 0.6 is 63.1 Å². The predicted molar refractivity (Wildman–Crippen MR) is 75.3 cm³/mol. The average Bonchev–Trinajstić information content (AvgIpc) is 2.04. The van der Waals surface area contributed by atoms with Gasteiger partial charge in [-0.2, -0.15) is 63.1 Å². The maximum absolute atomic E-state index is 4.63. The lowest BCUT2D eigenvalue weighted by atomic mass is 9.98. The molecule has 0 aromatic rings. The van der Waals surface area contributed by atoms with Crippen molar-refractivity contribution in [1.29, 1.82) is 0 Å². The van der Waals surface area contributed by atoms with Crippen molar-refractivity contribution >= 4 is 63.1 Å². The minimum absolute atomic E-state index is 0.0611. The first-order valence-corrected chi connectivity index (χ1v) is 6.70. The number of hydrogen-bond acceptors (Lipinski definition) is 5. The molecule has 12 heavy (non-hydrogen) atoms. The third-order valence-corrected chi connectivity index (χ3v) is 4.62. The Morgan fingerprint density at radius 1 is 1.00 bits per heavy atom. The topological polar surface area (TPSA) is 0 Å². The Hall–Kier alpha value is 1.75. The second kappa shape index (κ2) is 7.10. The molecule has 0 aromatic heterocycles. The van der Waals surface area contributed by atoms with Gasteiger partial charge in [0.15, 0.2) is 0 Å². The second-order valence-electron chi connectivity index (χ2n) is 2.75. The molecule has 0 nitrogen and oxygen atoms in total. The van der Waals surface area contributed by atoms with Crippen molar-refractivity contribution < 1.29 is 0 Å². The van der Waals surface area contributed by atoms with Crippen molar-refractivity contribution in [2.24, 2.45) is 0 Å². The van der Waals surface area contributed by atoms with Gasteiger partial charge in [0.2, 0.25) is 0 Å². The van der Waals surface area contributed by atoms with Gasteiger partial charge in [0.1, 0.15) is 0 Å². The molecular weight excluding hydrogens is 244 g/mol. The van der Waals surface area contributed by atoms with Gasteiger partial charge in [-0.3, -0.25) is 0 Å². The van der Waals surface area contributed by atoms with E-state index in [1.807, 2.05) is 0 Å². The predicted octanol–water partition coefficient (Wildman–Crippen LogP) is 2.52. The van der Waals surface area contributed by atoms with E-state index in [0.29, 0.717) is 0 Å². The van der Waals surface area contributed by atoms with E-state index in [1.54, 1.807) is 0 Å². The third kappa shape index (κ3) is 4.31. The van der Waals surface area contributed by atoms with Gasteiger partial charge in [-0.1, -0.05) is 0 Å². The van der Waals surface area contributed by atoms with E-state index >= 15 is 0 Å². The summed E-state index contributed by atoms with van der Waals surface area (Å²) in [6.07, 6.45) is 1.91. The zero-order chi connectivity index (χ0) is 9.61. The Morgan fingerprint density at radius 3 is 1.67 bits per heavy atom. The molecule has 0 aliphatic carbocycles. The molecule has 0 bridgehead atoms. The highest BCUT2D eigenvalue weighted by molar-refractivity contribution is 7.87. The van der Waals surface area contributed by atoms with Crippen LogP contribution in [0.15, 0.2) is 0 Å². The van der Waals surface area contributed by atoms with Gasteiger partial charge in [-0.05, 0) is 24.3 Å². The summed E-state index contributed by atoms with van der Waals surface area (Å²) < 4.78 is -0.0611. The van der Waals surface area contributed by atoms with Crippen LogP contribution in [0, 0.1) is 0 Å². The molecule has 0 aliphatic heterocycles. The minimum Gasteiger partial charge on any atom is -0.179 e. The molecule has 1 atom stereocenters. The van der Waals surface area contributed by atoms with E-state index in [-0.39, 0.29) is 10.00 Å². The first-order valence-electron chi connectivity index (χ1n) is 3.83. The van der Waals surface area contributed by atoms with Crippen LogP contribution in [0.1, 0.15) is 12.8 Å². The smallest absolute Gasteiger partial charge is 0.0269 e. The van der Waals surface area contributed by atoms with Crippen LogP contribution in [0.3, 0.4) is 0 Å². The molecule has 0 rings (SSSR count). The molecule has 0 amide bonds. The zero-order valence-corrected chi connectivity index (χ0v) is 11.3. The van der Waals surface area contributed by atoms with Crippen LogP contribution in [0.4, 0.5) is 0 Å². The van der Waals surface area contributed by atoms with E-state index < -0.39 is 0 Å². The van der Waals surface area contributed by atoms with Crippen LogP contribution in [-0.4, -0.2) is 27.3 Å². The molecule has 0 aromatic carbocycles. The van der Waals surface area contributed by atoms with Crippen molar-refractivity contribution in [3.63, 3.8) is 0 Å². The van der Waals surface area contributed by atoms with E-state index in [1.165, 1.54) is 0 Å². The molecule has 74 valence electrons. The van der Waals surface area contributed by atoms with Crippen LogP contribution in [0.5, 0.6) is 0 Å². The van der Waals surface area contributed by atoms with Crippen molar-refractivity contribution in [2.45, 2.75) is 22.8 Å². The Balaban J connectivity index is 4.15. The first-order chi connectivity index (χ1) is 5.60. The summed E-state index contributed by atoms with van der Waals surface area (Å²) in [5.74, 6) is 2.42. The van der Waals surface area contributed by atoms with E-state index in [0.717, 1.165) is 30.1 Å². The van der Waals surface area contributed by atoms with Crippen LogP contribution in [0.2, 0.25) is 0 Å². The SMILES string of the molecule is SCCC(S)(CCS)C(S)CS. The lowest BCUT2D eigenvalue weighted by Gasteiger charge is -2.32. The summed E-state index contributed by atoms with van der Waals surface area (Å²) in [6.45, 7) is 0. The zero-order valence-electron chi connectivity index (χ0n) is 6.85. The van der Waals surface area contributed by atoms with Gasteiger partial charge in [-0.15, -0.1) is 0 Å². The molecule has 0 spiro atoms. The lowest BCUT2D eigenvalue weighted by molar-refractivity contribution is 0.563. The quantitative estimate of drug-likeness (QED) is 0.446. The molecule has 0 aliphatic rings. The van der Waals surface area contributed by atoms with Gasteiger partial charge in [0.05, 0.1) is 0 Å². The Bertz CT molecular complexity index is 110. The molecule has 0 fully saturated rings. The standard InChI is InChI=1S/C7H16S5/c8-3-1-7(12,2-4-9)6(11)5-10/h6,8-12H,1-5H2. The molecule has 5 heteroatoms. The van der Waals surface area contributed by atoms with Crippen molar-refractivity contribution in [1.82, 2.24) is 0 Å². The van der Waals surface area contributed by atoms with Gasteiger partial charge in [0.25, 0.3) is 0 Å². The Kier molecular flexibility index (Phi) is 8.13. The van der Waals surface area contributed by atoms with E-state index in [9.17, 15) is 0 Å². The molecule has 0 N–H and O–H groups in total. The minimum atomic E-state index is -0.0611. The lowest BCUT2D eigenvalue weighted by Crippen LogP contribution is -2.35. The summed E-state index contributed by atoms with van der Waals surface area (Å²) in [7, 11) is 0. The Morgan fingerprint density at radius 2 is 1.42 bits per heavy atom. The fourth-order valence-electron chi connectivity index (χ4n) is 1.02. The summed E-state index contributed by atoms with van der Waals surface area (Å²) in [4.78, 5) is 0. The summed E-state index contributed by atoms with van der Waals surface area (Å²) in [5.41, 5.74) is 0. The molecule has 0 saturated heterocycles. The molecule has 0 heterocycles. The summed E-state index contributed by atoms with van der Waals surface area (Å²) in [5, 5.41) is 0.212. The summed E-state index contributed by atoms with van der Waals surface area (Å²) in [6, 6.07) is 0. The molecule has 0 saturated carbocycles. The van der Waals surface area contributed by atoms with E-state index in [4.69, 9.17) is 0 Å². The number of hydrogen-bond donors (Lipinski definition) is 5. The van der Waals surface area contributed by atoms with Crippen LogP contribution in [-0.2, 0) is 0 Å². The molecular formula is C7H16S5. The van der Waals surface area contributed by atoms with Crippen LogP contribution in [0.25, 0.3) is 0 Å². The second-order valence-corrected chi connectivity index (χ2v) is 5.52. The highest BCUT2D eigenvalue weighted by Gasteiger charge is 2.30. The largest absolute Gasteiger partial charge is 0.179 e. The monoisotopic (exact) mass is 260 g/mol. The normalized spacial score (nSPS) is 14.8. The van der Waals surface area contributed by atoms with Gasteiger partial charge in [0, 0.05) is 15.7 Å². The fraction of sp³-hybridized carbons (Fsp3) is 1.00. The van der Waals surface area contributed by atoms with Gasteiger partial charge in [-0.25, -0.2) is 0 Å². The maximum atomic E-state index is 4.63. The maximum Gasteiger partial charge on any atom is 0.0269 e. The van der Waals surface area contributed by atoms with Crippen LogP contribution < -0.4 is 0 Å². The fourth-order valence-corrected chi connectivity index (χ4v) is 3.23. The van der Waals surface area contributed by atoms with E-state index in [2.05, 4.69) is 63.1 Å². The van der Waals surface area contributed by atoms with Crippen molar-refractivity contribution in [3.8, 4) is 0 Å². The first kappa shape index (κ1) is 13.8. The number of rotatable bonds is 6. The average molecular weight is 261 g/mol. The van der Waals surface area contributed by atoms with Crippen molar-refractivity contribution in [3.05, 3.63) is 0 Å². The van der Waals surface area contributed by atoms with Gasteiger partial charge >= 0.3 is 0 Å². The molecule has 0 radical (unpaired) electrons.